The molecular formula is C19H20N4O3. The molecule has 7 nitrogen and oxygen atoms in total. The van der Waals surface area contributed by atoms with Gasteiger partial charge in [0.15, 0.2) is 0 Å². The van der Waals surface area contributed by atoms with E-state index in [1.807, 2.05) is 25.1 Å². The number of methoxy groups -OCH3 is 1. The van der Waals surface area contributed by atoms with Gasteiger partial charge in [-0.05, 0) is 25.1 Å². The van der Waals surface area contributed by atoms with Crippen LogP contribution in [0.5, 0.6) is 5.75 Å². The molecule has 26 heavy (non-hydrogen) atoms. The SMILES string of the molecule is COc1ccc(C)cc1CN(C)C(=O)Cn1nnc2ccccc2c1=O. The summed E-state index contributed by atoms with van der Waals surface area (Å²) < 4.78 is 6.44. The van der Waals surface area contributed by atoms with E-state index >= 15 is 0 Å². The summed E-state index contributed by atoms with van der Waals surface area (Å²) in [6.07, 6.45) is 0. The Kier molecular flexibility index (Phi) is 4.97. The lowest BCUT2D eigenvalue weighted by atomic mass is 10.1. The smallest absolute Gasteiger partial charge is 0.278 e. The Labute approximate surface area is 150 Å². The lowest BCUT2D eigenvalue weighted by Gasteiger charge is -2.19. The number of aryl methyl sites for hydroxylation is 1. The average Bonchev–Trinajstić information content (AvgIpc) is 2.64. The maximum atomic E-state index is 12.5. The van der Waals surface area contributed by atoms with Crippen LogP contribution in [0, 0.1) is 6.92 Å². The quantitative estimate of drug-likeness (QED) is 0.699. The molecule has 0 saturated carbocycles. The van der Waals surface area contributed by atoms with Crippen molar-refractivity contribution in [2.45, 2.75) is 20.0 Å². The first-order valence-electron chi connectivity index (χ1n) is 8.19. The Balaban J connectivity index is 1.79. The summed E-state index contributed by atoms with van der Waals surface area (Å²) in [7, 11) is 3.28. The molecular weight excluding hydrogens is 332 g/mol. The van der Waals surface area contributed by atoms with Crippen LogP contribution in [0.4, 0.5) is 0 Å². The molecule has 0 fully saturated rings. The predicted octanol–water partition coefficient (Wildman–Crippen LogP) is 1.77. The van der Waals surface area contributed by atoms with Gasteiger partial charge in [-0.3, -0.25) is 9.59 Å². The van der Waals surface area contributed by atoms with Crippen LogP contribution in [0.15, 0.2) is 47.3 Å². The summed E-state index contributed by atoms with van der Waals surface area (Å²) in [6.45, 7) is 2.19. The predicted molar refractivity (Wildman–Crippen MR) is 98.0 cm³/mol. The van der Waals surface area contributed by atoms with Crippen LogP contribution in [0.2, 0.25) is 0 Å². The van der Waals surface area contributed by atoms with E-state index in [-0.39, 0.29) is 18.0 Å². The van der Waals surface area contributed by atoms with Crippen molar-refractivity contribution in [3.8, 4) is 5.75 Å². The lowest BCUT2D eigenvalue weighted by Crippen LogP contribution is -2.35. The normalized spacial score (nSPS) is 10.7. The fourth-order valence-electron chi connectivity index (χ4n) is 2.75. The van der Waals surface area contributed by atoms with Crippen LogP contribution < -0.4 is 10.3 Å². The van der Waals surface area contributed by atoms with Crippen LogP contribution >= 0.6 is 0 Å². The number of nitrogens with zero attached hydrogens (tertiary/aromatic N) is 4. The van der Waals surface area contributed by atoms with Gasteiger partial charge in [-0.2, -0.15) is 0 Å². The van der Waals surface area contributed by atoms with Crippen molar-refractivity contribution in [3.05, 3.63) is 63.9 Å². The Hall–Kier alpha value is -3.22. The van der Waals surface area contributed by atoms with Crippen molar-refractivity contribution < 1.29 is 9.53 Å². The monoisotopic (exact) mass is 352 g/mol. The van der Waals surface area contributed by atoms with Gasteiger partial charge in [-0.15, -0.1) is 5.10 Å². The summed E-state index contributed by atoms with van der Waals surface area (Å²) >= 11 is 0. The molecule has 0 aliphatic carbocycles. The number of amides is 1. The summed E-state index contributed by atoms with van der Waals surface area (Å²) in [4.78, 5) is 26.5. The minimum atomic E-state index is -0.328. The first kappa shape index (κ1) is 17.6. The Morgan fingerprint density at radius 1 is 1.23 bits per heavy atom. The lowest BCUT2D eigenvalue weighted by molar-refractivity contribution is -0.131. The van der Waals surface area contributed by atoms with Crippen LogP contribution in [0.25, 0.3) is 10.9 Å². The standard InChI is InChI=1S/C19H20N4O3/c1-13-8-9-17(26-3)14(10-13)11-22(2)18(24)12-23-19(25)15-6-4-5-7-16(15)20-21-23/h4-10H,11-12H2,1-3H3. The maximum Gasteiger partial charge on any atom is 0.278 e. The van der Waals surface area contributed by atoms with Crippen molar-refractivity contribution in [2.24, 2.45) is 0 Å². The maximum absolute atomic E-state index is 12.5. The van der Waals surface area contributed by atoms with Crippen molar-refractivity contribution in [1.82, 2.24) is 19.9 Å². The number of likely N-dealkylation sites (N-methyl/N-ethyl adjacent to an activating group) is 1. The molecule has 7 heteroatoms. The number of carbonyl (C=O) groups excluding carboxylic acids is 1. The number of hydrogen-bond donors (Lipinski definition) is 0. The minimum absolute atomic E-state index is 0.165. The molecule has 1 heterocycles. The van der Waals surface area contributed by atoms with Crippen LogP contribution in [0.3, 0.4) is 0 Å². The van der Waals surface area contributed by atoms with E-state index in [0.29, 0.717) is 17.4 Å². The number of benzene rings is 2. The number of carbonyl (C=O) groups is 1. The van der Waals surface area contributed by atoms with Gasteiger partial charge in [0.2, 0.25) is 5.91 Å². The Morgan fingerprint density at radius 2 is 2.00 bits per heavy atom. The first-order chi connectivity index (χ1) is 12.5. The molecule has 0 radical (unpaired) electrons. The molecule has 2 aromatic carbocycles. The van der Waals surface area contributed by atoms with Crippen molar-refractivity contribution in [3.63, 3.8) is 0 Å². The zero-order valence-corrected chi connectivity index (χ0v) is 15.0. The summed E-state index contributed by atoms with van der Waals surface area (Å²) in [5.41, 5.74) is 2.17. The highest BCUT2D eigenvalue weighted by Gasteiger charge is 2.15. The van der Waals surface area contributed by atoms with E-state index in [4.69, 9.17) is 4.74 Å². The summed E-state index contributed by atoms with van der Waals surface area (Å²) in [6, 6.07) is 12.7. The topological polar surface area (TPSA) is 77.3 Å². The highest BCUT2D eigenvalue weighted by atomic mass is 16.5. The molecule has 0 bridgehead atoms. The third kappa shape index (κ3) is 3.56. The van der Waals surface area contributed by atoms with E-state index < -0.39 is 0 Å². The van der Waals surface area contributed by atoms with Gasteiger partial charge in [0, 0.05) is 19.2 Å². The van der Waals surface area contributed by atoms with Gasteiger partial charge in [0.1, 0.15) is 17.8 Å². The van der Waals surface area contributed by atoms with E-state index in [9.17, 15) is 9.59 Å². The number of hydrogen-bond acceptors (Lipinski definition) is 5. The van der Waals surface area contributed by atoms with Gasteiger partial charge in [0.05, 0.1) is 12.5 Å². The zero-order chi connectivity index (χ0) is 18.7. The second-order valence-corrected chi connectivity index (χ2v) is 6.13. The molecule has 0 aliphatic rings. The van der Waals surface area contributed by atoms with Crippen LogP contribution in [-0.4, -0.2) is 40.0 Å². The minimum Gasteiger partial charge on any atom is -0.496 e. The second-order valence-electron chi connectivity index (χ2n) is 6.13. The Bertz CT molecular complexity index is 1010. The molecule has 1 aromatic heterocycles. The van der Waals surface area contributed by atoms with Crippen LogP contribution in [0.1, 0.15) is 11.1 Å². The molecule has 0 saturated heterocycles. The van der Waals surface area contributed by atoms with E-state index in [1.54, 1.807) is 43.3 Å². The molecule has 3 rings (SSSR count). The van der Waals surface area contributed by atoms with Gasteiger partial charge in [-0.1, -0.05) is 35.0 Å². The summed E-state index contributed by atoms with van der Waals surface area (Å²) in [5, 5.41) is 8.31. The van der Waals surface area contributed by atoms with E-state index in [2.05, 4.69) is 10.3 Å². The highest BCUT2D eigenvalue weighted by Crippen LogP contribution is 2.21. The van der Waals surface area contributed by atoms with Crippen molar-refractivity contribution in [1.29, 1.82) is 0 Å². The van der Waals surface area contributed by atoms with Gasteiger partial charge >= 0.3 is 0 Å². The van der Waals surface area contributed by atoms with Gasteiger partial charge in [0.25, 0.3) is 5.56 Å². The largest absolute Gasteiger partial charge is 0.496 e. The van der Waals surface area contributed by atoms with Gasteiger partial charge in [-0.25, -0.2) is 4.68 Å². The molecule has 0 atom stereocenters. The van der Waals surface area contributed by atoms with Crippen molar-refractivity contribution >= 4 is 16.8 Å². The number of rotatable bonds is 5. The van der Waals surface area contributed by atoms with Gasteiger partial charge < -0.3 is 9.64 Å². The molecule has 134 valence electrons. The third-order valence-corrected chi connectivity index (χ3v) is 4.18. The van der Waals surface area contributed by atoms with Crippen molar-refractivity contribution in [2.75, 3.05) is 14.2 Å². The molecule has 0 spiro atoms. The fourth-order valence-corrected chi connectivity index (χ4v) is 2.75. The molecule has 0 unspecified atom stereocenters. The molecule has 3 aromatic rings. The third-order valence-electron chi connectivity index (χ3n) is 4.18. The molecule has 0 aliphatic heterocycles. The summed E-state index contributed by atoms with van der Waals surface area (Å²) in [5.74, 6) is 0.484. The second kappa shape index (κ2) is 7.35. The van der Waals surface area contributed by atoms with E-state index in [1.165, 1.54) is 0 Å². The fraction of sp³-hybridized carbons (Fsp3) is 0.263. The molecule has 1 amide bonds. The molecule has 0 N–H and O–H groups in total. The zero-order valence-electron chi connectivity index (χ0n) is 15.0. The number of aromatic nitrogens is 3. The number of fused-ring (bicyclic) bond motifs is 1. The number of ether oxygens (including phenoxy) is 1. The average molecular weight is 352 g/mol. The highest BCUT2D eigenvalue weighted by molar-refractivity contribution is 5.78. The first-order valence-corrected chi connectivity index (χ1v) is 8.19. The van der Waals surface area contributed by atoms with E-state index in [0.717, 1.165) is 21.6 Å². The Morgan fingerprint density at radius 3 is 2.77 bits per heavy atom. The van der Waals surface area contributed by atoms with Crippen LogP contribution in [-0.2, 0) is 17.9 Å².